The zero-order valence-electron chi connectivity index (χ0n) is 10.3. The van der Waals surface area contributed by atoms with E-state index >= 15 is 0 Å². The van der Waals surface area contributed by atoms with Crippen molar-refractivity contribution in [1.29, 1.82) is 0 Å². The maximum absolute atomic E-state index is 6.27. The van der Waals surface area contributed by atoms with E-state index in [4.69, 9.17) is 11.6 Å². The van der Waals surface area contributed by atoms with Crippen LogP contribution in [0.5, 0.6) is 0 Å². The van der Waals surface area contributed by atoms with Crippen LogP contribution in [-0.4, -0.2) is 16.7 Å². The van der Waals surface area contributed by atoms with Gasteiger partial charge in [0.1, 0.15) is 0 Å². The minimum absolute atomic E-state index is 0.0640. The third-order valence-corrected chi connectivity index (χ3v) is 3.10. The van der Waals surface area contributed by atoms with E-state index in [0.717, 1.165) is 29.1 Å². The predicted molar refractivity (Wildman–Crippen MR) is 73.6 cm³/mol. The molecular formula is C14H16ClN3. The Morgan fingerprint density at radius 3 is 2.72 bits per heavy atom. The summed E-state index contributed by atoms with van der Waals surface area (Å²) in [6, 6.07) is 9.91. The van der Waals surface area contributed by atoms with Crippen molar-refractivity contribution in [1.82, 2.24) is 15.5 Å². The normalized spacial score (nSPS) is 12.3. The average Bonchev–Trinajstić information content (AvgIpc) is 2.42. The van der Waals surface area contributed by atoms with Gasteiger partial charge in [-0.1, -0.05) is 36.7 Å². The van der Waals surface area contributed by atoms with E-state index in [1.54, 1.807) is 12.4 Å². The summed E-state index contributed by atoms with van der Waals surface area (Å²) in [5.74, 6) is 0. The lowest BCUT2D eigenvalue weighted by molar-refractivity contribution is 0.595. The highest BCUT2D eigenvalue weighted by atomic mass is 35.5. The number of halogens is 1. The second-order valence-corrected chi connectivity index (χ2v) is 4.49. The lowest BCUT2D eigenvalue weighted by Gasteiger charge is -2.20. The monoisotopic (exact) mass is 261 g/mol. The fourth-order valence-electron chi connectivity index (χ4n) is 1.88. The van der Waals surface area contributed by atoms with Gasteiger partial charge in [-0.15, -0.1) is 0 Å². The van der Waals surface area contributed by atoms with Gasteiger partial charge in [-0.05, 0) is 36.2 Å². The molecule has 0 amide bonds. The second-order valence-electron chi connectivity index (χ2n) is 4.08. The molecule has 0 fully saturated rings. The van der Waals surface area contributed by atoms with Crippen molar-refractivity contribution in [2.75, 3.05) is 6.54 Å². The number of benzene rings is 1. The number of nitrogens with one attached hydrogen (secondary N) is 1. The molecular weight excluding hydrogens is 246 g/mol. The summed E-state index contributed by atoms with van der Waals surface area (Å²) in [7, 11) is 0. The van der Waals surface area contributed by atoms with Gasteiger partial charge in [0.2, 0.25) is 0 Å². The van der Waals surface area contributed by atoms with Crippen molar-refractivity contribution in [3.63, 3.8) is 0 Å². The first-order valence-electron chi connectivity index (χ1n) is 6.07. The first-order valence-corrected chi connectivity index (χ1v) is 6.45. The summed E-state index contributed by atoms with van der Waals surface area (Å²) in [4.78, 5) is 0. The number of nitrogens with zero attached hydrogens (tertiary/aromatic N) is 2. The maximum atomic E-state index is 6.27. The summed E-state index contributed by atoms with van der Waals surface area (Å²) in [5.41, 5.74) is 2.15. The smallest absolute Gasteiger partial charge is 0.0607 e. The molecule has 94 valence electrons. The fourth-order valence-corrected chi connectivity index (χ4v) is 2.12. The Balaban J connectivity index is 2.34. The van der Waals surface area contributed by atoms with Gasteiger partial charge in [-0.3, -0.25) is 0 Å². The Labute approximate surface area is 112 Å². The van der Waals surface area contributed by atoms with E-state index in [-0.39, 0.29) is 6.04 Å². The first-order chi connectivity index (χ1) is 8.83. The highest BCUT2D eigenvalue weighted by molar-refractivity contribution is 6.31. The van der Waals surface area contributed by atoms with Crippen molar-refractivity contribution in [3.8, 4) is 0 Å². The molecule has 1 heterocycles. The van der Waals surface area contributed by atoms with Crippen LogP contribution in [0.3, 0.4) is 0 Å². The Kier molecular flexibility index (Phi) is 4.67. The van der Waals surface area contributed by atoms with Crippen molar-refractivity contribution in [3.05, 3.63) is 58.9 Å². The van der Waals surface area contributed by atoms with E-state index in [2.05, 4.69) is 22.4 Å². The number of aromatic nitrogens is 2. The summed E-state index contributed by atoms with van der Waals surface area (Å²) in [6.07, 6.45) is 4.54. The van der Waals surface area contributed by atoms with Crippen LogP contribution in [0, 0.1) is 0 Å². The molecule has 0 radical (unpaired) electrons. The second kappa shape index (κ2) is 6.47. The fraction of sp³-hybridized carbons (Fsp3) is 0.286. The maximum Gasteiger partial charge on any atom is 0.0607 e. The van der Waals surface area contributed by atoms with Crippen LogP contribution in [0.4, 0.5) is 0 Å². The van der Waals surface area contributed by atoms with Crippen LogP contribution < -0.4 is 5.32 Å². The molecule has 1 atom stereocenters. The minimum atomic E-state index is 0.0640. The van der Waals surface area contributed by atoms with Crippen LogP contribution in [-0.2, 0) is 0 Å². The van der Waals surface area contributed by atoms with E-state index in [1.165, 1.54) is 0 Å². The topological polar surface area (TPSA) is 37.8 Å². The molecule has 2 aromatic rings. The molecule has 18 heavy (non-hydrogen) atoms. The highest BCUT2D eigenvalue weighted by Gasteiger charge is 2.15. The Bertz CT molecular complexity index is 487. The molecule has 1 unspecified atom stereocenters. The van der Waals surface area contributed by atoms with E-state index < -0.39 is 0 Å². The summed E-state index contributed by atoms with van der Waals surface area (Å²) in [6.45, 7) is 3.07. The largest absolute Gasteiger partial charge is 0.306 e. The molecule has 1 N–H and O–H groups in total. The minimum Gasteiger partial charge on any atom is -0.306 e. The van der Waals surface area contributed by atoms with Gasteiger partial charge in [0.05, 0.1) is 12.2 Å². The van der Waals surface area contributed by atoms with E-state index in [1.807, 2.05) is 30.3 Å². The highest BCUT2D eigenvalue weighted by Crippen LogP contribution is 2.27. The number of rotatable bonds is 5. The zero-order chi connectivity index (χ0) is 12.8. The first kappa shape index (κ1) is 13.0. The third kappa shape index (κ3) is 3.06. The summed E-state index contributed by atoms with van der Waals surface area (Å²) in [5, 5.41) is 12.0. The molecule has 0 saturated heterocycles. The molecule has 0 aliphatic carbocycles. The molecule has 0 saturated carbocycles. The average molecular weight is 262 g/mol. The molecule has 3 nitrogen and oxygen atoms in total. The Morgan fingerprint density at radius 1 is 1.22 bits per heavy atom. The number of hydrogen-bond donors (Lipinski definition) is 1. The van der Waals surface area contributed by atoms with Gasteiger partial charge in [0.15, 0.2) is 0 Å². The summed E-state index contributed by atoms with van der Waals surface area (Å²) >= 11 is 6.27. The molecule has 1 aromatic heterocycles. The van der Waals surface area contributed by atoms with E-state index in [0.29, 0.717) is 0 Å². The lowest BCUT2D eigenvalue weighted by atomic mass is 10.0. The van der Waals surface area contributed by atoms with Gasteiger partial charge in [0, 0.05) is 11.2 Å². The molecule has 4 heteroatoms. The van der Waals surface area contributed by atoms with Crippen molar-refractivity contribution >= 4 is 11.6 Å². The molecule has 0 bridgehead atoms. The molecule has 1 aromatic carbocycles. The van der Waals surface area contributed by atoms with Gasteiger partial charge in [-0.2, -0.15) is 10.2 Å². The zero-order valence-corrected chi connectivity index (χ0v) is 11.1. The van der Waals surface area contributed by atoms with Gasteiger partial charge < -0.3 is 5.32 Å². The lowest BCUT2D eigenvalue weighted by Crippen LogP contribution is -2.23. The molecule has 0 aliphatic rings. The Hall–Kier alpha value is -1.45. The predicted octanol–water partition coefficient (Wildman–Crippen LogP) is 3.22. The standard InChI is InChI=1S/C14H16ClN3/c1-2-8-16-14(11-7-9-17-18-10-11)12-5-3-4-6-13(12)15/h3-7,9-10,14,16H,2,8H2,1H3. The quantitative estimate of drug-likeness (QED) is 0.898. The molecule has 0 aliphatic heterocycles. The molecule has 0 spiro atoms. The number of hydrogen-bond acceptors (Lipinski definition) is 3. The Morgan fingerprint density at radius 2 is 2.06 bits per heavy atom. The van der Waals surface area contributed by atoms with Gasteiger partial charge >= 0.3 is 0 Å². The van der Waals surface area contributed by atoms with Crippen molar-refractivity contribution in [2.45, 2.75) is 19.4 Å². The third-order valence-electron chi connectivity index (χ3n) is 2.76. The molecule has 2 rings (SSSR count). The van der Waals surface area contributed by atoms with Crippen LogP contribution >= 0.6 is 11.6 Å². The van der Waals surface area contributed by atoms with Crippen LogP contribution in [0.15, 0.2) is 42.7 Å². The van der Waals surface area contributed by atoms with Gasteiger partial charge in [-0.25, -0.2) is 0 Å². The SMILES string of the molecule is CCCNC(c1ccnnc1)c1ccccc1Cl. The van der Waals surface area contributed by atoms with Crippen molar-refractivity contribution in [2.24, 2.45) is 0 Å². The van der Waals surface area contributed by atoms with Gasteiger partial charge in [0.25, 0.3) is 0 Å². The van der Waals surface area contributed by atoms with Crippen LogP contribution in [0.1, 0.15) is 30.5 Å². The van der Waals surface area contributed by atoms with E-state index in [9.17, 15) is 0 Å². The van der Waals surface area contributed by atoms with Crippen molar-refractivity contribution < 1.29 is 0 Å². The van der Waals surface area contributed by atoms with Crippen LogP contribution in [0.2, 0.25) is 5.02 Å². The summed E-state index contributed by atoms with van der Waals surface area (Å²) < 4.78 is 0. The van der Waals surface area contributed by atoms with Crippen LogP contribution in [0.25, 0.3) is 0 Å².